The highest BCUT2D eigenvalue weighted by molar-refractivity contribution is 5.90. The fraction of sp³-hybridized carbons (Fsp3) is 0.318. The van der Waals surface area contributed by atoms with Crippen molar-refractivity contribution < 1.29 is 69.4 Å². The minimum absolute atomic E-state index is 0.217. The Balaban J connectivity index is 1.22. The lowest BCUT2D eigenvalue weighted by Gasteiger charge is -2.37. The van der Waals surface area contributed by atoms with Crippen LogP contribution >= 0.6 is 0 Å². The topological polar surface area (TPSA) is 178 Å². The smallest absolute Gasteiger partial charge is 0.402 e. The molecule has 0 aliphatic carbocycles. The molecule has 2 aromatic heterocycles. The third-order valence-corrected chi connectivity index (χ3v) is 10.4. The molecule has 4 aromatic carbocycles. The molecule has 1 saturated heterocycles. The van der Waals surface area contributed by atoms with Crippen molar-refractivity contribution in [1.82, 2.24) is 19.5 Å². The second kappa shape index (κ2) is 19.7. The molecule has 15 nitrogen and oxygen atoms in total. The molecule has 7 rings (SSSR count). The van der Waals surface area contributed by atoms with Crippen LogP contribution in [0, 0.1) is 5.92 Å². The number of hydrogen-bond acceptors (Lipinski definition) is 12. The highest BCUT2D eigenvalue weighted by Gasteiger charge is 2.57. The van der Waals surface area contributed by atoms with Crippen molar-refractivity contribution in [1.29, 1.82) is 0 Å². The van der Waals surface area contributed by atoms with Crippen molar-refractivity contribution >= 4 is 23.0 Å². The van der Waals surface area contributed by atoms with Crippen molar-refractivity contribution in [2.75, 3.05) is 46.1 Å². The number of nitrogens with zero attached hydrogens (tertiary/aromatic N) is 3. The molecule has 1 aliphatic heterocycles. The average molecular weight is 914 g/mol. The Morgan fingerprint density at radius 3 is 1.97 bits per heavy atom. The number of halogens is 6. The summed E-state index contributed by atoms with van der Waals surface area (Å²) in [6.07, 6.45) is -16.5. The first-order valence-electron chi connectivity index (χ1n) is 19.7. The van der Waals surface area contributed by atoms with Gasteiger partial charge in [0.1, 0.15) is 48.0 Å². The van der Waals surface area contributed by atoms with E-state index >= 15 is 0 Å². The van der Waals surface area contributed by atoms with Crippen molar-refractivity contribution in [3.05, 3.63) is 143 Å². The molecule has 3 heterocycles. The van der Waals surface area contributed by atoms with Crippen molar-refractivity contribution in [3.63, 3.8) is 0 Å². The maximum atomic E-state index is 13.3. The Morgan fingerprint density at radius 1 is 0.831 bits per heavy atom. The van der Waals surface area contributed by atoms with Gasteiger partial charge in [0, 0.05) is 0 Å². The van der Waals surface area contributed by atoms with Gasteiger partial charge in [-0.2, -0.15) is 31.3 Å². The predicted octanol–water partition coefficient (Wildman–Crippen LogP) is 6.52. The predicted molar refractivity (Wildman–Crippen MR) is 218 cm³/mol. The van der Waals surface area contributed by atoms with Crippen LogP contribution in [0.1, 0.15) is 22.9 Å². The fourth-order valence-corrected chi connectivity index (χ4v) is 7.21. The number of aliphatic hydroxyl groups is 1. The number of hydrogen-bond donors (Lipinski definition) is 3. The number of methoxy groups -OCH3 is 2. The Bertz CT molecular complexity index is 2500. The number of amides is 1. The molecular weight excluding hydrogens is 872 g/mol. The molecule has 65 heavy (non-hydrogen) atoms. The van der Waals surface area contributed by atoms with E-state index in [1.807, 2.05) is 18.2 Å². The number of anilines is 1. The van der Waals surface area contributed by atoms with E-state index in [1.165, 1.54) is 14.2 Å². The number of aromatic amines is 1. The van der Waals surface area contributed by atoms with Crippen LogP contribution in [-0.4, -0.2) is 102 Å². The standard InChI is InChI=1S/C44H41F6N5O10/c1-59-29-17-13-27(14-18-29)42(26-9-5-3-6-10-26,28-15-19-30(60-2)20-16-28)64-21-32-36(57)37(63-25-61-22-33(43(45,46)47)44(48,49)50)40(65-32)55-24-51-35-38(55)53-41(54-39(35)58)52-34(56)23-62-31-11-7-4-8-12-31/h3-20,24,32-33,36-37,40,57H,21-23,25H2,1-2H3,(H2,52,53,54,56,58)/t32-,36?,37+,40-/m1/s1. The zero-order valence-electron chi connectivity index (χ0n) is 34.4. The number of nitrogens with one attached hydrogen (secondary N) is 2. The van der Waals surface area contributed by atoms with Gasteiger partial charge in [-0.15, -0.1) is 0 Å². The van der Waals surface area contributed by atoms with Crippen LogP contribution in [0.25, 0.3) is 11.2 Å². The van der Waals surface area contributed by atoms with Gasteiger partial charge in [0.25, 0.3) is 11.5 Å². The summed E-state index contributed by atoms with van der Waals surface area (Å²) in [5.41, 5.74) is -0.879. The van der Waals surface area contributed by atoms with E-state index in [4.69, 9.17) is 33.2 Å². The van der Waals surface area contributed by atoms with E-state index in [2.05, 4.69) is 20.3 Å². The Hall–Kier alpha value is -6.52. The number of fused-ring (bicyclic) bond motifs is 1. The second-order valence-corrected chi connectivity index (χ2v) is 14.5. The molecule has 3 N–H and O–H groups in total. The van der Waals surface area contributed by atoms with Gasteiger partial charge in [-0.1, -0.05) is 72.8 Å². The molecule has 0 spiro atoms. The third kappa shape index (κ3) is 10.4. The van der Waals surface area contributed by atoms with Crippen LogP contribution in [-0.2, 0) is 29.3 Å². The number of para-hydroxylation sites is 1. The number of H-pyrrole nitrogens is 1. The number of rotatable bonds is 18. The molecule has 1 fully saturated rings. The number of aliphatic hydroxyl groups excluding tert-OH is 1. The summed E-state index contributed by atoms with van der Waals surface area (Å²) in [7, 11) is 3.02. The normalized spacial score (nSPS) is 17.9. The molecule has 1 unspecified atom stereocenters. The number of benzene rings is 4. The average Bonchev–Trinajstić information content (AvgIpc) is 3.86. The summed E-state index contributed by atoms with van der Waals surface area (Å²) in [5, 5.41) is 14.3. The third-order valence-electron chi connectivity index (χ3n) is 10.4. The van der Waals surface area contributed by atoms with Crippen molar-refractivity contribution in [2.45, 2.75) is 42.5 Å². The van der Waals surface area contributed by atoms with Gasteiger partial charge in [0.2, 0.25) is 5.95 Å². The van der Waals surface area contributed by atoms with Crippen LogP contribution in [0.15, 0.2) is 120 Å². The fourth-order valence-electron chi connectivity index (χ4n) is 7.21. The van der Waals surface area contributed by atoms with Gasteiger partial charge in [0.05, 0.1) is 33.8 Å². The van der Waals surface area contributed by atoms with Gasteiger partial charge in [-0.3, -0.25) is 24.5 Å². The van der Waals surface area contributed by atoms with Crippen molar-refractivity contribution in [2.24, 2.45) is 5.92 Å². The number of carbonyl (C=O) groups excluding carboxylic acids is 1. The van der Waals surface area contributed by atoms with Gasteiger partial charge >= 0.3 is 12.4 Å². The lowest BCUT2D eigenvalue weighted by atomic mass is 9.80. The van der Waals surface area contributed by atoms with E-state index in [1.54, 1.807) is 91.0 Å². The summed E-state index contributed by atoms with van der Waals surface area (Å²) in [5.74, 6) is -3.40. The zero-order chi connectivity index (χ0) is 46.4. The van der Waals surface area contributed by atoms with E-state index in [-0.39, 0.29) is 17.1 Å². The summed E-state index contributed by atoms with van der Waals surface area (Å²) in [6.45, 7) is -3.92. The molecule has 344 valence electrons. The van der Waals surface area contributed by atoms with Crippen LogP contribution in [0.2, 0.25) is 0 Å². The number of carbonyl (C=O) groups is 1. The van der Waals surface area contributed by atoms with Gasteiger partial charge in [0.15, 0.2) is 29.9 Å². The minimum Gasteiger partial charge on any atom is -0.497 e. The zero-order valence-corrected chi connectivity index (χ0v) is 34.4. The Kier molecular flexibility index (Phi) is 14.1. The highest BCUT2D eigenvalue weighted by atomic mass is 19.4. The maximum absolute atomic E-state index is 13.3. The summed E-state index contributed by atoms with van der Waals surface area (Å²) in [4.78, 5) is 36.9. The number of aromatic nitrogens is 4. The van der Waals surface area contributed by atoms with Gasteiger partial charge in [-0.25, -0.2) is 4.98 Å². The van der Waals surface area contributed by atoms with Crippen LogP contribution in [0.3, 0.4) is 0 Å². The Morgan fingerprint density at radius 2 is 1.40 bits per heavy atom. The van der Waals surface area contributed by atoms with E-state index in [0.717, 1.165) is 10.9 Å². The molecule has 21 heteroatoms. The summed E-state index contributed by atoms with van der Waals surface area (Å²) in [6, 6.07) is 31.5. The molecular formula is C44H41F6N5O10. The molecule has 4 atom stereocenters. The number of ether oxygens (including phenoxy) is 7. The first-order chi connectivity index (χ1) is 31.1. The first-order valence-corrected chi connectivity index (χ1v) is 19.7. The molecule has 6 aromatic rings. The number of alkyl halides is 6. The minimum atomic E-state index is -5.69. The lowest BCUT2D eigenvalue weighted by molar-refractivity contribution is -0.299. The molecule has 1 amide bonds. The molecule has 0 bridgehead atoms. The first kappa shape index (κ1) is 46.5. The molecule has 0 radical (unpaired) electrons. The molecule has 1 aliphatic rings. The quantitative estimate of drug-likeness (QED) is 0.0369. The summed E-state index contributed by atoms with van der Waals surface area (Å²) >= 11 is 0. The van der Waals surface area contributed by atoms with E-state index in [0.29, 0.717) is 33.9 Å². The van der Waals surface area contributed by atoms with Crippen molar-refractivity contribution in [3.8, 4) is 17.2 Å². The van der Waals surface area contributed by atoms with Gasteiger partial charge in [-0.05, 0) is 53.1 Å². The van der Waals surface area contributed by atoms with E-state index in [9.17, 15) is 41.0 Å². The lowest BCUT2D eigenvalue weighted by Crippen LogP contribution is -2.41. The monoisotopic (exact) mass is 913 g/mol. The van der Waals surface area contributed by atoms with Crippen LogP contribution in [0.4, 0.5) is 32.3 Å². The SMILES string of the molecule is COc1ccc(C(OC[C@H]2O[C@@H](n3cnc4c(=O)[nH]c(NC(=O)COc5ccccc5)nc43)[C@@H](OCOCC(C(F)(F)F)C(F)(F)F)C2O)(c2ccccc2)c2ccc(OC)cc2)cc1. The van der Waals surface area contributed by atoms with E-state index < -0.39 is 86.5 Å². The van der Waals surface area contributed by atoms with Crippen LogP contribution in [0.5, 0.6) is 17.2 Å². The number of imidazole rings is 1. The molecule has 0 saturated carbocycles. The van der Waals surface area contributed by atoms with Gasteiger partial charge < -0.3 is 38.3 Å². The second-order valence-electron chi connectivity index (χ2n) is 14.5. The Labute approximate surface area is 365 Å². The highest BCUT2D eigenvalue weighted by Crippen LogP contribution is 2.44. The summed E-state index contributed by atoms with van der Waals surface area (Å²) < 4.78 is 121. The maximum Gasteiger partial charge on any atom is 0.402 e. The largest absolute Gasteiger partial charge is 0.497 e. The van der Waals surface area contributed by atoms with Crippen LogP contribution < -0.4 is 25.1 Å².